The van der Waals surface area contributed by atoms with Crippen LogP contribution in [0.4, 0.5) is 0 Å². The van der Waals surface area contributed by atoms with Crippen molar-refractivity contribution < 1.29 is 4.42 Å². The van der Waals surface area contributed by atoms with Gasteiger partial charge in [0.2, 0.25) is 11.4 Å². The fraction of sp³-hybridized carbons (Fsp3) is 0.100. The lowest BCUT2D eigenvalue weighted by Gasteiger charge is -1.89. The molecule has 3 heterocycles. The van der Waals surface area contributed by atoms with E-state index in [9.17, 15) is 0 Å². The summed E-state index contributed by atoms with van der Waals surface area (Å²) in [7, 11) is 0. The summed E-state index contributed by atoms with van der Waals surface area (Å²) in [6, 6.07) is 2.03. The molecule has 3 aromatic heterocycles. The van der Waals surface area contributed by atoms with E-state index in [-0.39, 0.29) is 0 Å². The smallest absolute Gasteiger partial charge is 0.232 e. The number of pyridine rings is 1. The van der Waals surface area contributed by atoms with Crippen LogP contribution in [0, 0.1) is 6.92 Å². The molecule has 0 saturated carbocycles. The highest BCUT2D eigenvalue weighted by atomic mass is 16.3. The van der Waals surface area contributed by atoms with Crippen molar-refractivity contribution in [2.75, 3.05) is 0 Å². The molecule has 3 rings (SSSR count). The molecule has 0 aliphatic heterocycles. The maximum atomic E-state index is 5.45. The van der Waals surface area contributed by atoms with Crippen LogP contribution in [0.3, 0.4) is 0 Å². The standard InChI is InChI=1S/C10H7N3O/c1-6-2-7-8-4-11-5-13-10(8)14-9(7)12-3-6/h2-5H,1H3. The molecule has 0 unspecified atom stereocenters. The molecule has 0 fully saturated rings. The van der Waals surface area contributed by atoms with Crippen LogP contribution in [-0.2, 0) is 0 Å². The molecule has 0 amide bonds. The number of hydrogen-bond donors (Lipinski definition) is 0. The lowest BCUT2D eigenvalue weighted by Crippen LogP contribution is -1.77. The summed E-state index contributed by atoms with van der Waals surface area (Å²) in [5, 5.41) is 1.89. The fourth-order valence-electron chi connectivity index (χ4n) is 1.51. The van der Waals surface area contributed by atoms with E-state index in [1.165, 1.54) is 6.33 Å². The van der Waals surface area contributed by atoms with Crippen LogP contribution < -0.4 is 0 Å². The third-order valence-electron chi connectivity index (χ3n) is 2.15. The number of aryl methyl sites for hydroxylation is 1. The number of rotatable bonds is 0. The molecular formula is C10H7N3O. The van der Waals surface area contributed by atoms with Crippen LogP contribution in [0.5, 0.6) is 0 Å². The highest BCUT2D eigenvalue weighted by Crippen LogP contribution is 2.24. The molecule has 0 aliphatic rings. The fourth-order valence-corrected chi connectivity index (χ4v) is 1.51. The average Bonchev–Trinajstić information content (AvgIpc) is 2.56. The zero-order valence-electron chi connectivity index (χ0n) is 7.56. The van der Waals surface area contributed by atoms with Crippen molar-refractivity contribution in [1.29, 1.82) is 0 Å². The maximum absolute atomic E-state index is 5.45. The Morgan fingerprint density at radius 2 is 1.93 bits per heavy atom. The first-order valence-electron chi connectivity index (χ1n) is 4.29. The summed E-state index contributed by atoms with van der Waals surface area (Å²) in [5.74, 6) is 0. The molecule has 14 heavy (non-hydrogen) atoms. The molecule has 0 spiro atoms. The number of aromatic nitrogens is 3. The Kier molecular flexibility index (Phi) is 1.33. The van der Waals surface area contributed by atoms with Crippen LogP contribution in [0.2, 0.25) is 0 Å². The first-order valence-corrected chi connectivity index (χ1v) is 4.29. The monoisotopic (exact) mass is 185 g/mol. The lowest BCUT2D eigenvalue weighted by atomic mass is 10.2. The summed E-state index contributed by atoms with van der Waals surface area (Å²) in [5.41, 5.74) is 2.31. The lowest BCUT2D eigenvalue weighted by molar-refractivity contribution is 0.639. The van der Waals surface area contributed by atoms with Gasteiger partial charge < -0.3 is 4.42 Å². The topological polar surface area (TPSA) is 51.8 Å². The van der Waals surface area contributed by atoms with Crippen LogP contribution in [0.15, 0.2) is 29.2 Å². The minimum Gasteiger partial charge on any atom is -0.419 e. The van der Waals surface area contributed by atoms with E-state index in [0.717, 1.165) is 16.3 Å². The molecule has 4 nitrogen and oxygen atoms in total. The van der Waals surface area contributed by atoms with E-state index in [1.54, 1.807) is 12.4 Å². The van der Waals surface area contributed by atoms with Crippen molar-refractivity contribution >= 4 is 22.2 Å². The predicted molar refractivity (Wildman–Crippen MR) is 51.8 cm³/mol. The van der Waals surface area contributed by atoms with E-state index in [1.807, 2.05) is 13.0 Å². The zero-order chi connectivity index (χ0) is 9.54. The third-order valence-corrected chi connectivity index (χ3v) is 2.15. The Labute approximate surface area is 79.6 Å². The normalized spacial score (nSPS) is 11.2. The molecule has 0 saturated heterocycles. The Morgan fingerprint density at radius 1 is 1.07 bits per heavy atom. The second-order valence-corrected chi connectivity index (χ2v) is 3.21. The van der Waals surface area contributed by atoms with Crippen molar-refractivity contribution in [3.63, 3.8) is 0 Å². The predicted octanol–water partition coefficient (Wildman–Crippen LogP) is 2.08. The number of fused-ring (bicyclic) bond motifs is 3. The van der Waals surface area contributed by atoms with E-state index >= 15 is 0 Å². The van der Waals surface area contributed by atoms with Gasteiger partial charge in [0.1, 0.15) is 6.33 Å². The number of nitrogens with zero attached hydrogens (tertiary/aromatic N) is 3. The van der Waals surface area contributed by atoms with Crippen molar-refractivity contribution in [1.82, 2.24) is 15.0 Å². The molecule has 3 aromatic rings. The van der Waals surface area contributed by atoms with Gasteiger partial charge in [-0.25, -0.2) is 15.0 Å². The van der Waals surface area contributed by atoms with Gasteiger partial charge in [-0.05, 0) is 18.6 Å². The van der Waals surface area contributed by atoms with Crippen LogP contribution in [0.1, 0.15) is 5.56 Å². The van der Waals surface area contributed by atoms with E-state index in [4.69, 9.17) is 4.42 Å². The SMILES string of the molecule is Cc1cnc2oc3ncncc3c2c1. The Balaban J connectivity index is 2.58. The van der Waals surface area contributed by atoms with E-state index < -0.39 is 0 Å². The largest absolute Gasteiger partial charge is 0.419 e. The summed E-state index contributed by atoms with van der Waals surface area (Å²) < 4.78 is 5.45. The molecule has 0 aliphatic carbocycles. The summed E-state index contributed by atoms with van der Waals surface area (Å²) in [6.45, 7) is 2.00. The van der Waals surface area contributed by atoms with Gasteiger partial charge in [0.15, 0.2) is 0 Å². The molecular weight excluding hydrogens is 178 g/mol. The van der Waals surface area contributed by atoms with Gasteiger partial charge in [0, 0.05) is 12.4 Å². The Hall–Kier alpha value is -1.97. The van der Waals surface area contributed by atoms with E-state index in [0.29, 0.717) is 11.4 Å². The van der Waals surface area contributed by atoms with E-state index in [2.05, 4.69) is 15.0 Å². The number of hydrogen-bond acceptors (Lipinski definition) is 4. The first-order chi connectivity index (χ1) is 6.84. The molecule has 68 valence electrons. The van der Waals surface area contributed by atoms with Gasteiger partial charge in [-0.3, -0.25) is 0 Å². The summed E-state index contributed by atoms with van der Waals surface area (Å²) >= 11 is 0. The zero-order valence-corrected chi connectivity index (χ0v) is 7.56. The summed E-state index contributed by atoms with van der Waals surface area (Å²) in [6.07, 6.45) is 4.99. The van der Waals surface area contributed by atoms with Gasteiger partial charge in [-0.15, -0.1) is 0 Å². The molecule has 4 heteroatoms. The minimum absolute atomic E-state index is 0.591. The number of furan rings is 1. The second kappa shape index (κ2) is 2.51. The van der Waals surface area contributed by atoms with Gasteiger partial charge in [-0.2, -0.15) is 0 Å². The van der Waals surface area contributed by atoms with Gasteiger partial charge >= 0.3 is 0 Å². The van der Waals surface area contributed by atoms with Crippen molar-refractivity contribution in [3.8, 4) is 0 Å². The quantitative estimate of drug-likeness (QED) is 0.538. The minimum atomic E-state index is 0.591. The van der Waals surface area contributed by atoms with Crippen molar-refractivity contribution in [2.24, 2.45) is 0 Å². The van der Waals surface area contributed by atoms with Crippen molar-refractivity contribution in [3.05, 3.63) is 30.4 Å². The average molecular weight is 185 g/mol. The van der Waals surface area contributed by atoms with Gasteiger partial charge in [-0.1, -0.05) is 0 Å². The van der Waals surface area contributed by atoms with Crippen molar-refractivity contribution in [2.45, 2.75) is 6.92 Å². The highest BCUT2D eigenvalue weighted by Gasteiger charge is 2.07. The van der Waals surface area contributed by atoms with Crippen LogP contribution >= 0.6 is 0 Å². The van der Waals surface area contributed by atoms with Crippen LogP contribution in [0.25, 0.3) is 22.2 Å². The maximum Gasteiger partial charge on any atom is 0.232 e. The van der Waals surface area contributed by atoms with Crippen LogP contribution in [-0.4, -0.2) is 15.0 Å². The second-order valence-electron chi connectivity index (χ2n) is 3.21. The third kappa shape index (κ3) is 0.907. The summed E-state index contributed by atoms with van der Waals surface area (Å²) in [4.78, 5) is 12.2. The highest BCUT2D eigenvalue weighted by molar-refractivity contribution is 6.01. The van der Waals surface area contributed by atoms with Gasteiger partial charge in [0.05, 0.1) is 10.8 Å². The Morgan fingerprint density at radius 3 is 2.86 bits per heavy atom. The Bertz CT molecular complexity index is 615. The van der Waals surface area contributed by atoms with Gasteiger partial charge in [0.25, 0.3) is 0 Å². The molecule has 0 aromatic carbocycles. The first kappa shape index (κ1) is 7.44. The molecule has 0 atom stereocenters. The molecule has 0 bridgehead atoms. The molecule has 0 N–H and O–H groups in total. The molecule has 0 radical (unpaired) electrons.